The van der Waals surface area contributed by atoms with Gasteiger partial charge in [-0.2, -0.15) is 0 Å². The first-order valence-corrected chi connectivity index (χ1v) is 15.7. The number of aromatic amines is 1. The molecule has 5 aliphatic rings. The first-order valence-electron chi connectivity index (χ1n) is 15.7. The van der Waals surface area contributed by atoms with E-state index in [1.807, 2.05) is 27.7 Å². The van der Waals surface area contributed by atoms with Crippen molar-refractivity contribution in [3.8, 4) is 0 Å². The summed E-state index contributed by atoms with van der Waals surface area (Å²) in [5, 5.41) is 16.5. The average molecular weight is 578 g/mol. The number of carbonyl (C=O) groups is 3. The van der Waals surface area contributed by atoms with Gasteiger partial charge in [-0.1, -0.05) is 46.2 Å². The maximum atomic E-state index is 14.5. The lowest BCUT2D eigenvalue weighted by molar-refractivity contribution is -0.324. The lowest BCUT2D eigenvalue weighted by Crippen LogP contribution is -2.72. The molecule has 1 aliphatic carbocycles. The fourth-order valence-corrected chi connectivity index (χ4v) is 8.64. The van der Waals surface area contributed by atoms with Crippen LogP contribution in [0.25, 0.3) is 10.9 Å². The Morgan fingerprint density at radius 3 is 2.79 bits per heavy atom. The number of piperidine rings is 1. The van der Waals surface area contributed by atoms with E-state index >= 15 is 0 Å². The second kappa shape index (κ2) is 9.53. The van der Waals surface area contributed by atoms with E-state index in [9.17, 15) is 19.5 Å². The number of H-pyrrole nitrogens is 1. The number of rotatable bonds is 5. The Bertz CT molecular complexity index is 1460. The third-order valence-electron chi connectivity index (χ3n) is 11.1. The summed E-state index contributed by atoms with van der Waals surface area (Å²) >= 11 is 0. The van der Waals surface area contributed by atoms with Gasteiger partial charge in [-0.25, -0.2) is 0 Å². The predicted molar refractivity (Wildman–Crippen MR) is 156 cm³/mol. The van der Waals surface area contributed by atoms with E-state index in [1.54, 1.807) is 4.90 Å². The molecule has 0 bridgehead atoms. The Labute approximate surface area is 246 Å². The maximum Gasteiger partial charge on any atom is 0.281 e. The molecule has 4 unspecified atom stereocenters. The highest BCUT2D eigenvalue weighted by atomic mass is 16.7. The van der Waals surface area contributed by atoms with Crippen molar-refractivity contribution in [2.24, 2.45) is 17.8 Å². The summed E-state index contributed by atoms with van der Waals surface area (Å²) in [6.45, 7) is 8.63. The Morgan fingerprint density at radius 2 is 2.05 bits per heavy atom. The zero-order valence-electron chi connectivity index (χ0n) is 25.2. The van der Waals surface area contributed by atoms with E-state index in [4.69, 9.17) is 4.74 Å². The standard InChI is InChI=1S/C32H43N5O5/c1-6-18(4)27-29(39)36-12-8-11-25(36)32(41)37(27)30(40)31(42-32,17(2)3)34-28(38)20-13-22-21-9-7-10-23-26(21)19(15-33-23)14-24(22)35(5)16-20/h7,9-10,15,17-18,20,22,24-25,27,33,41H,6,8,11-14,16H2,1-5H3,(H,34,38)/t18?,20-,22?,24-,25+,27?,31-,32?/m1/s1. The van der Waals surface area contributed by atoms with Gasteiger partial charge in [0, 0.05) is 48.1 Å². The van der Waals surface area contributed by atoms with Crippen molar-refractivity contribution in [3.05, 3.63) is 35.5 Å². The fraction of sp³-hybridized carbons (Fsp3) is 0.656. The summed E-state index contributed by atoms with van der Waals surface area (Å²) in [5.41, 5.74) is 1.93. The molecule has 226 valence electrons. The number of likely N-dealkylation sites (tertiary alicyclic amines) is 1. The molecule has 3 N–H and O–H groups in total. The molecule has 4 fully saturated rings. The number of benzene rings is 1. The van der Waals surface area contributed by atoms with Crippen molar-refractivity contribution in [2.75, 3.05) is 20.1 Å². The number of aromatic nitrogens is 1. The third-order valence-corrected chi connectivity index (χ3v) is 11.1. The second-order valence-electron chi connectivity index (χ2n) is 13.7. The molecule has 0 radical (unpaired) electrons. The number of aliphatic hydroxyl groups is 1. The highest BCUT2D eigenvalue weighted by Crippen LogP contribution is 2.49. The van der Waals surface area contributed by atoms with Crippen LogP contribution in [0.15, 0.2) is 24.4 Å². The van der Waals surface area contributed by atoms with Gasteiger partial charge in [-0.05, 0) is 55.8 Å². The molecule has 5 heterocycles. The molecule has 0 spiro atoms. The number of likely N-dealkylation sites (N-methyl/N-ethyl adjacent to an activating group) is 1. The van der Waals surface area contributed by atoms with Crippen LogP contribution in [-0.2, 0) is 25.5 Å². The molecule has 10 nitrogen and oxygen atoms in total. The number of hydrogen-bond donors (Lipinski definition) is 3. The monoisotopic (exact) mass is 577 g/mol. The molecule has 10 heteroatoms. The molecule has 0 saturated carbocycles. The third kappa shape index (κ3) is 3.64. The molecule has 2 aromatic rings. The van der Waals surface area contributed by atoms with E-state index in [2.05, 4.69) is 46.6 Å². The maximum absolute atomic E-state index is 14.5. The lowest BCUT2D eigenvalue weighted by atomic mass is 9.72. The van der Waals surface area contributed by atoms with Gasteiger partial charge >= 0.3 is 0 Å². The summed E-state index contributed by atoms with van der Waals surface area (Å²) < 4.78 is 6.47. The van der Waals surface area contributed by atoms with Crippen molar-refractivity contribution in [3.63, 3.8) is 0 Å². The van der Waals surface area contributed by atoms with Crippen LogP contribution in [-0.4, -0.2) is 92.4 Å². The van der Waals surface area contributed by atoms with E-state index < -0.39 is 35.5 Å². The molecule has 3 amide bonds. The van der Waals surface area contributed by atoms with Gasteiger partial charge in [-0.15, -0.1) is 0 Å². The van der Waals surface area contributed by atoms with Gasteiger partial charge in [-0.3, -0.25) is 24.0 Å². The summed E-state index contributed by atoms with van der Waals surface area (Å²) in [6, 6.07) is 5.12. The minimum absolute atomic E-state index is 0.144. The van der Waals surface area contributed by atoms with Crippen molar-refractivity contribution in [1.82, 2.24) is 25.0 Å². The Kier molecular flexibility index (Phi) is 6.32. The molecule has 1 aromatic heterocycles. The zero-order chi connectivity index (χ0) is 29.7. The van der Waals surface area contributed by atoms with Gasteiger partial charge in [0.1, 0.15) is 12.1 Å². The van der Waals surface area contributed by atoms with Gasteiger partial charge in [0.2, 0.25) is 17.5 Å². The minimum Gasteiger partial charge on any atom is -0.361 e. The first kappa shape index (κ1) is 27.9. The zero-order valence-corrected chi connectivity index (χ0v) is 25.2. The van der Waals surface area contributed by atoms with Crippen LogP contribution in [0.5, 0.6) is 0 Å². The molecular weight excluding hydrogens is 534 g/mol. The van der Waals surface area contributed by atoms with Crippen LogP contribution >= 0.6 is 0 Å². The first-order chi connectivity index (χ1) is 20.0. The van der Waals surface area contributed by atoms with Gasteiger partial charge in [0.15, 0.2) is 0 Å². The topological polar surface area (TPSA) is 118 Å². The molecule has 4 saturated heterocycles. The summed E-state index contributed by atoms with van der Waals surface area (Å²) in [4.78, 5) is 51.0. The number of ether oxygens (including phenoxy) is 1. The quantitative estimate of drug-likeness (QED) is 0.503. The van der Waals surface area contributed by atoms with Gasteiger partial charge < -0.3 is 25.2 Å². The Balaban J connectivity index is 1.21. The van der Waals surface area contributed by atoms with Gasteiger partial charge in [0.25, 0.3) is 11.8 Å². The molecule has 7 rings (SSSR count). The van der Waals surface area contributed by atoms with E-state index in [0.717, 1.165) is 18.4 Å². The van der Waals surface area contributed by atoms with Crippen molar-refractivity contribution in [1.29, 1.82) is 0 Å². The summed E-state index contributed by atoms with van der Waals surface area (Å²) in [7, 11) is 2.07. The van der Waals surface area contributed by atoms with Crippen LogP contribution in [0.3, 0.4) is 0 Å². The minimum atomic E-state index is -1.99. The van der Waals surface area contributed by atoms with Crippen molar-refractivity contribution < 1.29 is 24.2 Å². The normalized spacial score (nSPS) is 36.8. The van der Waals surface area contributed by atoms with Crippen LogP contribution in [0.2, 0.25) is 0 Å². The van der Waals surface area contributed by atoms with Crippen molar-refractivity contribution >= 4 is 28.6 Å². The van der Waals surface area contributed by atoms with Crippen molar-refractivity contribution in [2.45, 2.75) is 95.5 Å². The van der Waals surface area contributed by atoms with E-state index in [-0.39, 0.29) is 35.6 Å². The van der Waals surface area contributed by atoms with E-state index in [0.29, 0.717) is 32.4 Å². The summed E-state index contributed by atoms with van der Waals surface area (Å²) in [6.07, 6.45) is 5.60. The van der Waals surface area contributed by atoms with Crippen LogP contribution < -0.4 is 5.32 Å². The predicted octanol–water partition coefficient (Wildman–Crippen LogP) is 2.52. The van der Waals surface area contributed by atoms with Crippen LogP contribution in [0, 0.1) is 17.8 Å². The number of amides is 3. The SMILES string of the molecule is CCC(C)C1C(=O)N2CCC[C@H]2C2(O)O[C@](NC(=O)[C@@H]3CC4c5cccc6[nH]cc(c56)C[C@H]4N(C)C3)(C(C)C)C(=O)N12. The van der Waals surface area contributed by atoms with E-state index in [1.165, 1.54) is 21.4 Å². The molecule has 4 aliphatic heterocycles. The number of nitrogens with one attached hydrogen (secondary N) is 2. The van der Waals surface area contributed by atoms with Gasteiger partial charge in [0.05, 0.1) is 5.92 Å². The molecular formula is C32H43N5O5. The molecule has 42 heavy (non-hydrogen) atoms. The lowest BCUT2D eigenvalue weighted by Gasteiger charge is -2.50. The largest absolute Gasteiger partial charge is 0.361 e. The van der Waals surface area contributed by atoms with Crippen LogP contribution in [0.4, 0.5) is 0 Å². The number of fused-ring (bicyclic) bond motifs is 5. The number of piperazine rings is 1. The molecule has 1 aromatic carbocycles. The Morgan fingerprint density at radius 1 is 1.26 bits per heavy atom. The summed E-state index contributed by atoms with van der Waals surface area (Å²) in [5.74, 6) is -3.79. The Hall–Kier alpha value is -2.95. The smallest absolute Gasteiger partial charge is 0.281 e. The number of carbonyl (C=O) groups excluding carboxylic acids is 3. The second-order valence-corrected chi connectivity index (χ2v) is 13.7. The fourth-order valence-electron chi connectivity index (χ4n) is 8.64. The number of hydrogen-bond acceptors (Lipinski definition) is 6. The van der Waals surface area contributed by atoms with Crippen LogP contribution in [0.1, 0.15) is 70.4 Å². The number of nitrogens with zero attached hydrogens (tertiary/aromatic N) is 3. The average Bonchev–Trinajstić information content (AvgIpc) is 3.68. The molecule has 8 atom stereocenters. The highest BCUT2D eigenvalue weighted by molar-refractivity contribution is 5.98. The highest BCUT2D eigenvalue weighted by Gasteiger charge is 2.72.